The minimum absolute atomic E-state index is 0.0993. The zero-order valence-electron chi connectivity index (χ0n) is 11.7. The Hall–Kier alpha value is -1.88. The molecule has 2 N–H and O–H groups in total. The number of carboxylic acid groups (broad SMARTS) is 1. The minimum Gasteiger partial charge on any atom is -0.478 e. The molecule has 0 bridgehead atoms. The van der Waals surface area contributed by atoms with Gasteiger partial charge in [-0.1, -0.05) is 0 Å². The molecule has 0 saturated heterocycles. The van der Waals surface area contributed by atoms with E-state index < -0.39 is 5.97 Å². The molecule has 1 amide bonds. The Morgan fingerprint density at radius 2 is 2.10 bits per heavy atom. The van der Waals surface area contributed by atoms with Crippen molar-refractivity contribution in [2.45, 2.75) is 38.2 Å². The first-order chi connectivity index (χ1) is 9.46. The molecule has 1 aromatic carbocycles. The summed E-state index contributed by atoms with van der Waals surface area (Å²) in [5.41, 5.74) is 1.29. The van der Waals surface area contributed by atoms with E-state index >= 15 is 0 Å². The van der Waals surface area contributed by atoms with Gasteiger partial charge in [0.15, 0.2) is 0 Å². The van der Waals surface area contributed by atoms with Crippen molar-refractivity contribution < 1.29 is 19.4 Å². The normalized spacial score (nSPS) is 16.3. The first-order valence-corrected chi connectivity index (χ1v) is 6.65. The second-order valence-electron chi connectivity index (χ2n) is 5.30. The van der Waals surface area contributed by atoms with Gasteiger partial charge in [0.2, 0.25) is 5.91 Å². The van der Waals surface area contributed by atoms with Crippen LogP contribution in [0, 0.1) is 6.92 Å². The largest absolute Gasteiger partial charge is 0.478 e. The van der Waals surface area contributed by atoms with E-state index in [1.165, 1.54) is 6.07 Å². The molecule has 1 aliphatic rings. The zero-order chi connectivity index (χ0) is 14.8. The van der Waals surface area contributed by atoms with Crippen molar-refractivity contribution in [2.24, 2.45) is 0 Å². The lowest BCUT2D eigenvalue weighted by Gasteiger charge is -2.39. The molecule has 0 aliphatic heterocycles. The summed E-state index contributed by atoms with van der Waals surface area (Å²) < 4.78 is 5.42. The van der Waals surface area contributed by atoms with E-state index in [0.717, 1.165) is 24.8 Å². The lowest BCUT2D eigenvalue weighted by atomic mass is 9.77. The number of hydrogen-bond acceptors (Lipinski definition) is 3. The molecule has 1 saturated carbocycles. The number of aromatic carboxylic acids is 1. The molecule has 0 unspecified atom stereocenters. The van der Waals surface area contributed by atoms with Gasteiger partial charge in [-0.25, -0.2) is 4.79 Å². The highest BCUT2D eigenvalue weighted by Crippen LogP contribution is 2.38. The summed E-state index contributed by atoms with van der Waals surface area (Å²) in [6.45, 7) is 1.78. The smallest absolute Gasteiger partial charge is 0.335 e. The molecule has 5 heteroatoms. The van der Waals surface area contributed by atoms with Crippen LogP contribution in [0.15, 0.2) is 18.2 Å². The standard InChI is InChI=1S/C15H19NO4/c1-10-8-11(14(18)19)4-5-12(10)16-13(17)9-15(20-2)6-3-7-15/h4-5,8H,3,6-7,9H2,1-2H3,(H,16,17)(H,18,19). The molecule has 5 nitrogen and oxygen atoms in total. The van der Waals surface area contributed by atoms with Gasteiger partial charge in [0, 0.05) is 12.8 Å². The summed E-state index contributed by atoms with van der Waals surface area (Å²) in [4.78, 5) is 22.9. The van der Waals surface area contributed by atoms with E-state index in [2.05, 4.69) is 5.32 Å². The molecule has 0 heterocycles. The van der Waals surface area contributed by atoms with Gasteiger partial charge < -0.3 is 15.2 Å². The summed E-state index contributed by atoms with van der Waals surface area (Å²) in [6.07, 6.45) is 3.25. The van der Waals surface area contributed by atoms with E-state index in [4.69, 9.17) is 9.84 Å². The van der Waals surface area contributed by atoms with E-state index in [1.807, 2.05) is 0 Å². The highest BCUT2D eigenvalue weighted by Gasteiger charge is 2.39. The maximum absolute atomic E-state index is 12.0. The average Bonchev–Trinajstić information content (AvgIpc) is 2.36. The van der Waals surface area contributed by atoms with Gasteiger partial charge in [0.05, 0.1) is 17.6 Å². The lowest BCUT2D eigenvalue weighted by molar-refractivity contribution is -0.129. The van der Waals surface area contributed by atoms with Crippen LogP contribution in [0.3, 0.4) is 0 Å². The second-order valence-corrected chi connectivity index (χ2v) is 5.30. The van der Waals surface area contributed by atoms with Crippen molar-refractivity contribution in [3.05, 3.63) is 29.3 Å². The Kier molecular flexibility index (Phi) is 4.09. The molecule has 108 valence electrons. The summed E-state index contributed by atoms with van der Waals surface area (Å²) in [7, 11) is 1.64. The second kappa shape index (κ2) is 5.63. The molecule has 1 aliphatic carbocycles. The molecule has 0 atom stereocenters. The fraction of sp³-hybridized carbons (Fsp3) is 0.467. The van der Waals surface area contributed by atoms with Crippen molar-refractivity contribution in [3.8, 4) is 0 Å². The summed E-state index contributed by atoms with van der Waals surface area (Å²) in [5.74, 6) is -1.07. The Bertz CT molecular complexity index is 529. The van der Waals surface area contributed by atoms with E-state index in [-0.39, 0.29) is 17.1 Å². The van der Waals surface area contributed by atoms with Crippen molar-refractivity contribution >= 4 is 17.6 Å². The molecule has 0 spiro atoms. The predicted molar refractivity (Wildman–Crippen MR) is 75.0 cm³/mol. The Labute approximate surface area is 117 Å². The van der Waals surface area contributed by atoms with Crippen LogP contribution in [-0.4, -0.2) is 29.7 Å². The summed E-state index contributed by atoms with van der Waals surface area (Å²) in [6, 6.07) is 4.66. The Morgan fingerprint density at radius 1 is 1.40 bits per heavy atom. The van der Waals surface area contributed by atoms with Gasteiger partial charge in [0.25, 0.3) is 0 Å². The molecular formula is C15H19NO4. The van der Waals surface area contributed by atoms with Gasteiger partial charge in [-0.3, -0.25) is 4.79 Å². The number of aryl methyl sites for hydroxylation is 1. The van der Waals surface area contributed by atoms with Crippen molar-refractivity contribution in [1.29, 1.82) is 0 Å². The van der Waals surface area contributed by atoms with Crippen LogP contribution in [-0.2, 0) is 9.53 Å². The third-order valence-electron chi connectivity index (χ3n) is 3.93. The number of benzene rings is 1. The van der Waals surface area contributed by atoms with Gasteiger partial charge in [-0.05, 0) is 49.9 Å². The maximum atomic E-state index is 12.0. The first-order valence-electron chi connectivity index (χ1n) is 6.65. The van der Waals surface area contributed by atoms with Crippen LogP contribution in [0.25, 0.3) is 0 Å². The van der Waals surface area contributed by atoms with Crippen LogP contribution < -0.4 is 5.32 Å². The Morgan fingerprint density at radius 3 is 2.55 bits per heavy atom. The number of carboxylic acids is 1. The molecule has 1 aromatic rings. The topological polar surface area (TPSA) is 75.6 Å². The number of rotatable bonds is 5. The van der Waals surface area contributed by atoms with Crippen molar-refractivity contribution in [1.82, 2.24) is 0 Å². The molecule has 0 aromatic heterocycles. The molecule has 0 radical (unpaired) electrons. The molecule has 20 heavy (non-hydrogen) atoms. The van der Waals surface area contributed by atoms with Crippen LogP contribution in [0.5, 0.6) is 0 Å². The molecule has 1 fully saturated rings. The lowest BCUT2D eigenvalue weighted by Crippen LogP contribution is -2.42. The Balaban J connectivity index is 2.02. The van der Waals surface area contributed by atoms with E-state index in [1.54, 1.807) is 26.2 Å². The number of ether oxygens (including phenoxy) is 1. The predicted octanol–water partition coefficient (Wildman–Crippen LogP) is 2.59. The fourth-order valence-electron chi connectivity index (χ4n) is 2.45. The van der Waals surface area contributed by atoms with Crippen molar-refractivity contribution in [2.75, 3.05) is 12.4 Å². The summed E-state index contributed by atoms with van der Waals surface area (Å²) in [5, 5.41) is 11.7. The summed E-state index contributed by atoms with van der Waals surface area (Å²) >= 11 is 0. The van der Waals surface area contributed by atoms with E-state index in [0.29, 0.717) is 12.1 Å². The fourth-order valence-corrected chi connectivity index (χ4v) is 2.45. The van der Waals surface area contributed by atoms with Crippen LogP contribution in [0.1, 0.15) is 41.6 Å². The van der Waals surface area contributed by atoms with Crippen molar-refractivity contribution in [3.63, 3.8) is 0 Å². The highest BCUT2D eigenvalue weighted by atomic mass is 16.5. The number of amides is 1. The average molecular weight is 277 g/mol. The van der Waals surface area contributed by atoms with Crippen LogP contribution >= 0.6 is 0 Å². The number of nitrogens with one attached hydrogen (secondary N) is 1. The maximum Gasteiger partial charge on any atom is 0.335 e. The zero-order valence-corrected chi connectivity index (χ0v) is 11.7. The quantitative estimate of drug-likeness (QED) is 0.867. The number of hydrogen-bond donors (Lipinski definition) is 2. The highest BCUT2D eigenvalue weighted by molar-refractivity contribution is 5.94. The monoisotopic (exact) mass is 277 g/mol. The van der Waals surface area contributed by atoms with Crippen LogP contribution in [0.2, 0.25) is 0 Å². The third-order valence-corrected chi connectivity index (χ3v) is 3.93. The SMILES string of the molecule is COC1(CC(=O)Nc2ccc(C(=O)O)cc2C)CCC1. The van der Waals surface area contributed by atoms with Gasteiger partial charge in [0.1, 0.15) is 0 Å². The van der Waals surface area contributed by atoms with Gasteiger partial charge >= 0.3 is 5.97 Å². The number of carbonyl (C=O) groups excluding carboxylic acids is 1. The minimum atomic E-state index is -0.973. The van der Waals surface area contributed by atoms with Crippen LogP contribution in [0.4, 0.5) is 5.69 Å². The first kappa shape index (κ1) is 14.5. The third kappa shape index (κ3) is 2.99. The van der Waals surface area contributed by atoms with Gasteiger partial charge in [-0.15, -0.1) is 0 Å². The molecule has 2 rings (SSSR count). The van der Waals surface area contributed by atoms with E-state index in [9.17, 15) is 9.59 Å². The number of methoxy groups -OCH3 is 1. The number of anilines is 1. The van der Waals surface area contributed by atoms with Gasteiger partial charge in [-0.2, -0.15) is 0 Å². The molecular weight excluding hydrogens is 258 g/mol. The number of carbonyl (C=O) groups is 2.